The molecular weight excluding hydrogens is 341 g/mol. The van der Waals surface area contributed by atoms with Crippen LogP contribution in [0.3, 0.4) is 0 Å². The highest BCUT2D eigenvalue weighted by molar-refractivity contribution is 6.27. The lowest BCUT2D eigenvalue weighted by Crippen LogP contribution is -2.13. The van der Waals surface area contributed by atoms with Crippen LogP contribution in [0.2, 0.25) is 0 Å². The first-order chi connectivity index (χ1) is 13.1. The predicted molar refractivity (Wildman–Crippen MR) is 106 cm³/mol. The lowest BCUT2D eigenvalue weighted by molar-refractivity contribution is 0.102. The van der Waals surface area contributed by atoms with Crippen LogP contribution >= 0.6 is 0 Å². The first-order valence-corrected chi connectivity index (χ1v) is 8.58. The van der Waals surface area contributed by atoms with Gasteiger partial charge in [0.1, 0.15) is 11.6 Å². The Morgan fingerprint density at radius 1 is 0.815 bits per heavy atom. The molecule has 0 aliphatic heterocycles. The van der Waals surface area contributed by atoms with Crippen LogP contribution in [0.25, 0.3) is 32.3 Å². The molecule has 0 aromatic heterocycles. The van der Waals surface area contributed by atoms with E-state index in [4.69, 9.17) is 0 Å². The maximum Gasteiger partial charge on any atom is 0.256 e. The number of nitrogens with one attached hydrogen (secondary N) is 1. The van der Waals surface area contributed by atoms with E-state index in [0.717, 1.165) is 38.4 Å². The summed E-state index contributed by atoms with van der Waals surface area (Å²) in [6.45, 7) is 0. The Morgan fingerprint density at radius 3 is 2.22 bits per heavy atom. The van der Waals surface area contributed by atoms with Crippen LogP contribution < -0.4 is 5.32 Å². The third-order valence-electron chi connectivity index (χ3n) is 4.97. The van der Waals surface area contributed by atoms with Gasteiger partial charge in [-0.3, -0.25) is 4.79 Å². The Balaban J connectivity index is 1.70. The third kappa shape index (κ3) is 2.38. The molecular formula is C23H14FNO2. The number of benzene rings is 5. The van der Waals surface area contributed by atoms with E-state index >= 15 is 0 Å². The molecule has 0 fully saturated rings. The number of halogens is 1. The summed E-state index contributed by atoms with van der Waals surface area (Å²) in [6.07, 6.45) is 0. The summed E-state index contributed by atoms with van der Waals surface area (Å²) >= 11 is 0. The number of anilines is 1. The number of rotatable bonds is 2. The minimum atomic E-state index is -0.680. The van der Waals surface area contributed by atoms with Crippen LogP contribution in [0.1, 0.15) is 10.4 Å². The summed E-state index contributed by atoms with van der Waals surface area (Å²) in [5.41, 5.74) is 0.511. The highest BCUT2D eigenvalue weighted by atomic mass is 19.1. The normalized spacial score (nSPS) is 11.4. The Bertz CT molecular complexity index is 1330. The van der Waals surface area contributed by atoms with Crippen LogP contribution in [0.5, 0.6) is 5.75 Å². The van der Waals surface area contributed by atoms with Crippen molar-refractivity contribution in [1.82, 2.24) is 0 Å². The fourth-order valence-electron chi connectivity index (χ4n) is 3.73. The fourth-order valence-corrected chi connectivity index (χ4v) is 3.73. The van der Waals surface area contributed by atoms with E-state index in [1.54, 1.807) is 6.07 Å². The van der Waals surface area contributed by atoms with Crippen LogP contribution in [0, 0.1) is 5.82 Å². The maximum atomic E-state index is 14.0. The molecule has 5 aromatic carbocycles. The molecule has 130 valence electrons. The molecule has 5 aromatic rings. The SMILES string of the molecule is O=C(Nc1ccc(O)cc1F)c1ccc2ccc3cccc4ccc1c2c34. The van der Waals surface area contributed by atoms with Crippen LogP contribution in [-0.2, 0) is 0 Å². The number of amides is 1. The molecule has 0 spiro atoms. The summed E-state index contributed by atoms with van der Waals surface area (Å²) in [6, 6.07) is 21.5. The summed E-state index contributed by atoms with van der Waals surface area (Å²) in [5.74, 6) is -1.26. The molecule has 0 aliphatic carbocycles. The van der Waals surface area contributed by atoms with Crippen LogP contribution in [-0.4, -0.2) is 11.0 Å². The zero-order valence-electron chi connectivity index (χ0n) is 14.2. The van der Waals surface area contributed by atoms with Gasteiger partial charge in [0.15, 0.2) is 0 Å². The quantitative estimate of drug-likeness (QED) is 0.316. The molecule has 0 saturated carbocycles. The Kier molecular flexibility index (Phi) is 3.28. The van der Waals surface area contributed by atoms with Gasteiger partial charge in [0.25, 0.3) is 5.91 Å². The van der Waals surface area contributed by atoms with Gasteiger partial charge in [-0.15, -0.1) is 0 Å². The second-order valence-corrected chi connectivity index (χ2v) is 6.59. The van der Waals surface area contributed by atoms with Gasteiger partial charge in [0.05, 0.1) is 5.69 Å². The molecule has 2 N–H and O–H groups in total. The topological polar surface area (TPSA) is 49.3 Å². The molecule has 0 bridgehead atoms. The summed E-state index contributed by atoms with van der Waals surface area (Å²) in [5, 5.41) is 18.2. The first-order valence-electron chi connectivity index (χ1n) is 8.58. The zero-order chi connectivity index (χ0) is 18.5. The lowest BCUT2D eigenvalue weighted by atomic mass is 9.92. The van der Waals surface area contributed by atoms with E-state index in [2.05, 4.69) is 23.5 Å². The number of carbonyl (C=O) groups is 1. The number of phenolic OH excluding ortho intramolecular Hbond substituents is 1. The molecule has 4 heteroatoms. The Labute approximate surface area is 154 Å². The molecule has 0 saturated heterocycles. The van der Waals surface area contributed by atoms with Gasteiger partial charge in [-0.1, -0.05) is 48.5 Å². The molecule has 0 radical (unpaired) electrons. The monoisotopic (exact) mass is 355 g/mol. The molecule has 27 heavy (non-hydrogen) atoms. The largest absolute Gasteiger partial charge is 0.508 e. The number of carbonyl (C=O) groups excluding carboxylic acids is 1. The van der Waals surface area contributed by atoms with Crippen LogP contribution in [0.4, 0.5) is 10.1 Å². The van der Waals surface area contributed by atoms with Gasteiger partial charge in [0.2, 0.25) is 0 Å². The van der Waals surface area contributed by atoms with E-state index in [9.17, 15) is 14.3 Å². The molecule has 1 amide bonds. The summed E-state index contributed by atoms with van der Waals surface area (Å²) in [7, 11) is 0. The second-order valence-electron chi connectivity index (χ2n) is 6.59. The molecule has 0 aliphatic rings. The molecule has 0 heterocycles. The van der Waals surface area contributed by atoms with Crippen molar-refractivity contribution in [2.24, 2.45) is 0 Å². The predicted octanol–water partition coefficient (Wildman–Crippen LogP) is 5.68. The van der Waals surface area contributed by atoms with Crippen molar-refractivity contribution in [3.8, 4) is 5.75 Å². The average Bonchev–Trinajstić information content (AvgIpc) is 2.68. The highest BCUT2D eigenvalue weighted by Crippen LogP contribution is 2.36. The summed E-state index contributed by atoms with van der Waals surface area (Å²) in [4.78, 5) is 12.9. The maximum absolute atomic E-state index is 14.0. The van der Waals surface area contributed by atoms with Crippen molar-refractivity contribution in [2.75, 3.05) is 5.32 Å². The van der Waals surface area contributed by atoms with Crippen molar-refractivity contribution in [3.05, 3.63) is 84.2 Å². The van der Waals surface area contributed by atoms with E-state index in [1.165, 1.54) is 12.1 Å². The Hall–Kier alpha value is -3.66. The van der Waals surface area contributed by atoms with Crippen molar-refractivity contribution >= 4 is 43.9 Å². The van der Waals surface area contributed by atoms with Gasteiger partial charge in [-0.25, -0.2) is 4.39 Å². The highest BCUT2D eigenvalue weighted by Gasteiger charge is 2.16. The number of phenols is 1. The third-order valence-corrected chi connectivity index (χ3v) is 4.97. The molecule has 0 atom stereocenters. The molecule has 0 unspecified atom stereocenters. The van der Waals surface area contributed by atoms with Gasteiger partial charge in [-0.05, 0) is 50.5 Å². The second kappa shape index (κ2) is 5.68. The molecule has 3 nitrogen and oxygen atoms in total. The standard InChI is InChI=1S/C23H14FNO2/c24-19-12-16(26)8-11-20(19)25-23(27)18-10-7-15-5-4-13-2-1-3-14-6-9-17(18)22(15)21(13)14/h1-12,26H,(H,25,27). The minimum Gasteiger partial charge on any atom is -0.508 e. The van der Waals surface area contributed by atoms with E-state index < -0.39 is 11.7 Å². The number of hydrogen-bond acceptors (Lipinski definition) is 2. The smallest absolute Gasteiger partial charge is 0.256 e. The van der Waals surface area contributed by atoms with Gasteiger partial charge in [0, 0.05) is 11.6 Å². The van der Waals surface area contributed by atoms with E-state index in [1.807, 2.05) is 30.3 Å². The fraction of sp³-hybridized carbons (Fsp3) is 0. The van der Waals surface area contributed by atoms with Crippen molar-refractivity contribution in [3.63, 3.8) is 0 Å². The summed E-state index contributed by atoms with van der Waals surface area (Å²) < 4.78 is 14.0. The van der Waals surface area contributed by atoms with Crippen molar-refractivity contribution in [2.45, 2.75) is 0 Å². The van der Waals surface area contributed by atoms with Gasteiger partial charge < -0.3 is 10.4 Å². The molecule has 5 rings (SSSR count). The minimum absolute atomic E-state index is 0.0310. The van der Waals surface area contributed by atoms with Crippen molar-refractivity contribution in [1.29, 1.82) is 0 Å². The van der Waals surface area contributed by atoms with E-state index in [-0.39, 0.29) is 11.4 Å². The van der Waals surface area contributed by atoms with Crippen LogP contribution in [0.15, 0.2) is 72.8 Å². The van der Waals surface area contributed by atoms with E-state index in [0.29, 0.717) is 5.56 Å². The average molecular weight is 355 g/mol. The number of hydrogen-bond donors (Lipinski definition) is 2. The number of aromatic hydroxyl groups is 1. The first kappa shape index (κ1) is 15.6. The Morgan fingerprint density at radius 2 is 1.48 bits per heavy atom. The lowest BCUT2D eigenvalue weighted by Gasteiger charge is -2.14. The van der Waals surface area contributed by atoms with Gasteiger partial charge in [-0.2, -0.15) is 0 Å². The van der Waals surface area contributed by atoms with Crippen molar-refractivity contribution < 1.29 is 14.3 Å². The van der Waals surface area contributed by atoms with Gasteiger partial charge >= 0.3 is 0 Å². The zero-order valence-corrected chi connectivity index (χ0v) is 14.2.